The van der Waals surface area contributed by atoms with Crippen LogP contribution in [-0.2, 0) is 4.74 Å². The summed E-state index contributed by atoms with van der Waals surface area (Å²) in [6.45, 7) is 6.51. The van der Waals surface area contributed by atoms with Crippen LogP contribution in [0, 0.1) is 0 Å². The lowest BCUT2D eigenvalue weighted by molar-refractivity contribution is -0.0361. The molecule has 0 radical (unpaired) electrons. The topological polar surface area (TPSA) is 85.2 Å². The van der Waals surface area contributed by atoms with Gasteiger partial charge < -0.3 is 15.0 Å². The number of rotatable bonds is 5. The number of amides is 1. The number of anilines is 1. The van der Waals surface area contributed by atoms with Gasteiger partial charge in [0.1, 0.15) is 11.4 Å². The zero-order chi connectivity index (χ0) is 25.5. The van der Waals surface area contributed by atoms with Gasteiger partial charge in [0, 0.05) is 50.2 Å². The monoisotopic (exact) mass is 500 g/mol. The van der Waals surface area contributed by atoms with Crippen LogP contribution in [0.3, 0.4) is 0 Å². The van der Waals surface area contributed by atoms with Crippen LogP contribution >= 0.6 is 0 Å². The summed E-state index contributed by atoms with van der Waals surface area (Å²) in [6.07, 6.45) is 7.00. The first kappa shape index (κ1) is 24.6. The molecule has 0 saturated heterocycles. The highest BCUT2D eigenvalue weighted by atomic mass is 19.3. The molecule has 2 fully saturated rings. The van der Waals surface area contributed by atoms with E-state index >= 15 is 0 Å². The van der Waals surface area contributed by atoms with Crippen molar-refractivity contribution in [2.45, 2.75) is 89.2 Å². The van der Waals surface area contributed by atoms with Gasteiger partial charge in [-0.15, -0.1) is 0 Å². The van der Waals surface area contributed by atoms with Crippen molar-refractivity contribution in [1.82, 2.24) is 24.6 Å². The Kier molecular flexibility index (Phi) is 6.46. The highest BCUT2D eigenvalue weighted by Gasteiger charge is 2.35. The molecule has 194 valence electrons. The van der Waals surface area contributed by atoms with E-state index in [9.17, 15) is 13.6 Å². The van der Waals surface area contributed by atoms with Gasteiger partial charge in [-0.3, -0.25) is 0 Å². The smallest absolute Gasteiger partial charge is 0.410 e. The first-order valence-electron chi connectivity index (χ1n) is 12.8. The number of hydrogen-bond acceptors (Lipinski definition) is 6. The summed E-state index contributed by atoms with van der Waals surface area (Å²) in [5.41, 5.74) is 2.25. The average Bonchev–Trinajstić information content (AvgIpc) is 3.55. The van der Waals surface area contributed by atoms with E-state index in [-0.39, 0.29) is 25.0 Å². The number of nitrogens with one attached hydrogen (secondary N) is 1. The fourth-order valence-corrected chi connectivity index (χ4v) is 4.61. The summed E-state index contributed by atoms with van der Waals surface area (Å²) in [4.78, 5) is 23.6. The van der Waals surface area contributed by atoms with E-state index in [0.29, 0.717) is 50.0 Å². The molecule has 0 bridgehead atoms. The predicted molar refractivity (Wildman–Crippen MR) is 132 cm³/mol. The fourth-order valence-electron chi connectivity index (χ4n) is 4.61. The molecule has 1 aliphatic heterocycles. The van der Waals surface area contributed by atoms with E-state index in [1.807, 2.05) is 45.2 Å². The predicted octanol–water partition coefficient (Wildman–Crippen LogP) is 5.55. The Morgan fingerprint density at radius 2 is 1.92 bits per heavy atom. The van der Waals surface area contributed by atoms with Gasteiger partial charge in [0.25, 0.3) is 5.95 Å². The van der Waals surface area contributed by atoms with Crippen LogP contribution < -0.4 is 5.32 Å². The first-order chi connectivity index (χ1) is 17.0. The minimum Gasteiger partial charge on any atom is -0.444 e. The molecule has 2 saturated carbocycles. The first-order valence-corrected chi connectivity index (χ1v) is 12.8. The van der Waals surface area contributed by atoms with E-state index in [2.05, 4.69) is 15.4 Å². The van der Waals surface area contributed by atoms with E-state index in [1.165, 1.54) is 0 Å². The van der Waals surface area contributed by atoms with Crippen molar-refractivity contribution in [2.75, 3.05) is 18.4 Å². The normalized spacial score (nSPS) is 20.7. The largest absolute Gasteiger partial charge is 0.444 e. The number of nitrogens with zero attached hydrogens (tertiary/aromatic N) is 5. The molecular weight excluding hydrogens is 466 g/mol. The molecule has 0 atom stereocenters. The van der Waals surface area contributed by atoms with Crippen LogP contribution in [0.1, 0.15) is 83.0 Å². The van der Waals surface area contributed by atoms with Crippen LogP contribution in [0.15, 0.2) is 24.4 Å². The molecule has 1 amide bonds. The standard InChI is InChI=1S/C26H34F2N6O2/c1-25(2,3)36-24(35)33-13-8-18(9-14-33)21-16-22(29-19-6-11-26(27,28)12-7-19)31-23(30-21)34-15-10-20(32-34)17-4-5-17/h8,10,15-17,19H,4-7,9,11-14H2,1-3H3,(H,29,30,31). The Morgan fingerprint density at radius 3 is 2.56 bits per heavy atom. The third-order valence-corrected chi connectivity index (χ3v) is 6.78. The van der Waals surface area contributed by atoms with Gasteiger partial charge in [0.15, 0.2) is 0 Å². The molecule has 2 aromatic heterocycles. The molecule has 3 heterocycles. The molecule has 8 nitrogen and oxygen atoms in total. The average molecular weight is 501 g/mol. The molecule has 36 heavy (non-hydrogen) atoms. The molecule has 0 aromatic carbocycles. The second-order valence-corrected chi connectivity index (χ2v) is 11.1. The maximum atomic E-state index is 13.7. The number of hydrogen-bond donors (Lipinski definition) is 1. The SMILES string of the molecule is CC(C)(C)OC(=O)N1CC=C(c2cc(NC3CCC(F)(F)CC3)nc(-n3ccc(C4CC4)n3)n2)CC1. The van der Waals surface area contributed by atoms with E-state index < -0.39 is 11.5 Å². The minimum atomic E-state index is -2.58. The molecule has 3 aliphatic rings. The van der Waals surface area contributed by atoms with Crippen molar-refractivity contribution in [2.24, 2.45) is 0 Å². The second kappa shape index (κ2) is 9.44. The number of carbonyl (C=O) groups excluding carboxylic acids is 1. The van der Waals surface area contributed by atoms with Gasteiger partial charge in [-0.1, -0.05) is 6.08 Å². The molecular formula is C26H34F2N6O2. The second-order valence-electron chi connectivity index (χ2n) is 11.1. The van der Waals surface area contributed by atoms with E-state index in [1.54, 1.807) is 9.58 Å². The van der Waals surface area contributed by atoms with E-state index in [0.717, 1.165) is 29.8 Å². The lowest BCUT2D eigenvalue weighted by Crippen LogP contribution is -2.39. The summed E-state index contributed by atoms with van der Waals surface area (Å²) in [5.74, 6) is -1.03. The number of halogens is 2. The molecule has 2 aromatic rings. The molecule has 0 unspecified atom stereocenters. The maximum absolute atomic E-state index is 13.7. The Bertz CT molecular complexity index is 1140. The zero-order valence-corrected chi connectivity index (χ0v) is 21.1. The van der Waals surface area contributed by atoms with Crippen LogP contribution in [0.25, 0.3) is 11.5 Å². The number of carbonyl (C=O) groups is 1. The lowest BCUT2D eigenvalue weighted by atomic mass is 9.92. The number of ether oxygens (including phenoxy) is 1. The van der Waals surface area contributed by atoms with Gasteiger partial charge in [-0.25, -0.2) is 23.2 Å². The lowest BCUT2D eigenvalue weighted by Gasteiger charge is -2.30. The van der Waals surface area contributed by atoms with Gasteiger partial charge in [0.2, 0.25) is 5.92 Å². The van der Waals surface area contributed by atoms with Crippen molar-refractivity contribution >= 4 is 17.5 Å². The van der Waals surface area contributed by atoms with E-state index in [4.69, 9.17) is 9.72 Å². The van der Waals surface area contributed by atoms with Crippen LogP contribution in [0.5, 0.6) is 0 Å². The van der Waals surface area contributed by atoms with Crippen LogP contribution in [0.4, 0.5) is 19.4 Å². The van der Waals surface area contributed by atoms with Crippen molar-refractivity contribution in [3.63, 3.8) is 0 Å². The molecule has 2 aliphatic carbocycles. The molecule has 10 heteroatoms. The van der Waals surface area contributed by atoms with Gasteiger partial charge in [0.05, 0.1) is 11.4 Å². The van der Waals surface area contributed by atoms with Crippen molar-refractivity contribution in [3.05, 3.63) is 35.8 Å². The fraction of sp³-hybridized carbons (Fsp3) is 0.615. The molecule has 5 rings (SSSR count). The van der Waals surface area contributed by atoms with Gasteiger partial charge in [-0.2, -0.15) is 10.1 Å². The molecule has 0 spiro atoms. The summed E-state index contributed by atoms with van der Waals surface area (Å²) in [7, 11) is 0. The molecule has 1 N–H and O–H groups in total. The Morgan fingerprint density at radius 1 is 1.17 bits per heavy atom. The summed E-state index contributed by atoms with van der Waals surface area (Å²) in [5, 5.41) is 8.05. The van der Waals surface area contributed by atoms with Crippen molar-refractivity contribution in [1.29, 1.82) is 0 Å². The van der Waals surface area contributed by atoms with Gasteiger partial charge >= 0.3 is 6.09 Å². The summed E-state index contributed by atoms with van der Waals surface area (Å²) >= 11 is 0. The summed E-state index contributed by atoms with van der Waals surface area (Å²) in [6, 6.07) is 3.81. The number of aromatic nitrogens is 4. The van der Waals surface area contributed by atoms with Gasteiger partial charge in [-0.05, 0) is 64.5 Å². The highest BCUT2D eigenvalue weighted by molar-refractivity contribution is 5.72. The minimum absolute atomic E-state index is 0.0668. The summed E-state index contributed by atoms with van der Waals surface area (Å²) < 4.78 is 34.5. The third kappa shape index (κ3) is 6.02. The third-order valence-electron chi connectivity index (χ3n) is 6.78. The zero-order valence-electron chi connectivity index (χ0n) is 21.1. The van der Waals surface area contributed by atoms with Crippen LogP contribution in [-0.4, -0.2) is 61.4 Å². The number of alkyl halides is 2. The highest BCUT2D eigenvalue weighted by Crippen LogP contribution is 2.39. The van der Waals surface area contributed by atoms with Crippen LogP contribution in [0.2, 0.25) is 0 Å². The Hall–Kier alpha value is -3.04. The Labute approximate surface area is 210 Å². The quantitative estimate of drug-likeness (QED) is 0.579. The van der Waals surface area contributed by atoms with Crippen molar-refractivity contribution < 1.29 is 18.3 Å². The van der Waals surface area contributed by atoms with Crippen molar-refractivity contribution in [3.8, 4) is 5.95 Å². The maximum Gasteiger partial charge on any atom is 0.410 e. The Balaban J connectivity index is 1.38.